The molecule has 1 atom stereocenters. The normalized spacial score (nSPS) is 11.4. The maximum absolute atomic E-state index is 12.5. The molecule has 0 saturated carbocycles. The Labute approximate surface area is 182 Å². The van der Waals surface area contributed by atoms with E-state index >= 15 is 0 Å². The highest BCUT2D eigenvalue weighted by atomic mass is 16.5. The average Bonchev–Trinajstić information content (AvgIpc) is 2.80. The maximum atomic E-state index is 12.5. The number of quaternary nitrogens is 1. The molecule has 0 bridgehead atoms. The third-order valence-electron chi connectivity index (χ3n) is 4.99. The van der Waals surface area contributed by atoms with E-state index in [1.165, 1.54) is 0 Å². The molecule has 6 nitrogen and oxygen atoms in total. The highest BCUT2D eigenvalue weighted by molar-refractivity contribution is 6.04. The molecule has 3 N–H and O–H groups in total. The molecule has 6 heteroatoms. The number of para-hydroxylation sites is 3. The van der Waals surface area contributed by atoms with Crippen molar-refractivity contribution in [2.75, 3.05) is 30.8 Å². The number of anilines is 2. The summed E-state index contributed by atoms with van der Waals surface area (Å²) < 4.78 is 5.29. The summed E-state index contributed by atoms with van der Waals surface area (Å²) in [6.45, 7) is 3.88. The zero-order valence-corrected chi connectivity index (χ0v) is 17.9. The van der Waals surface area contributed by atoms with Gasteiger partial charge in [0.25, 0.3) is 11.8 Å². The molecule has 0 spiro atoms. The summed E-state index contributed by atoms with van der Waals surface area (Å²) in [4.78, 5) is 26.0. The fourth-order valence-corrected chi connectivity index (χ4v) is 3.27. The molecule has 0 aliphatic carbocycles. The Kier molecular flexibility index (Phi) is 7.79. The van der Waals surface area contributed by atoms with Crippen LogP contribution < -0.4 is 20.3 Å². The number of hydrogen-bond acceptors (Lipinski definition) is 3. The fraction of sp³-hybridized carbons (Fsp3) is 0.200. The molecule has 31 heavy (non-hydrogen) atoms. The maximum Gasteiger partial charge on any atom is 0.279 e. The lowest BCUT2D eigenvalue weighted by Crippen LogP contribution is -3.11. The predicted molar refractivity (Wildman–Crippen MR) is 123 cm³/mol. The molecular formula is C25H28N3O3+. The SMILES string of the molecule is CC[NH+](CC(=O)Nc1ccccc1OC)Cc1ccc(C(=O)Nc2ccccc2)cc1. The highest BCUT2D eigenvalue weighted by Crippen LogP contribution is 2.22. The first-order valence-corrected chi connectivity index (χ1v) is 10.3. The Morgan fingerprint density at radius 2 is 1.55 bits per heavy atom. The van der Waals surface area contributed by atoms with Crippen molar-refractivity contribution in [3.05, 3.63) is 90.0 Å². The van der Waals surface area contributed by atoms with E-state index in [0.717, 1.165) is 22.7 Å². The minimum Gasteiger partial charge on any atom is -0.495 e. The summed E-state index contributed by atoms with van der Waals surface area (Å²) in [5.74, 6) is 0.423. The molecule has 3 aromatic rings. The van der Waals surface area contributed by atoms with E-state index in [9.17, 15) is 9.59 Å². The number of hydrogen-bond donors (Lipinski definition) is 3. The number of benzene rings is 3. The zero-order valence-electron chi connectivity index (χ0n) is 17.9. The minimum atomic E-state index is -0.145. The van der Waals surface area contributed by atoms with E-state index in [-0.39, 0.29) is 11.8 Å². The topological polar surface area (TPSA) is 71.9 Å². The van der Waals surface area contributed by atoms with Crippen LogP contribution in [-0.4, -0.2) is 32.0 Å². The van der Waals surface area contributed by atoms with Gasteiger partial charge in [-0.25, -0.2) is 0 Å². The van der Waals surface area contributed by atoms with Gasteiger partial charge >= 0.3 is 0 Å². The average molecular weight is 419 g/mol. The first kappa shape index (κ1) is 22.1. The molecule has 0 saturated heterocycles. The van der Waals surface area contributed by atoms with Gasteiger partial charge in [0.2, 0.25) is 0 Å². The molecule has 3 rings (SSSR count). The molecule has 2 amide bonds. The molecule has 0 heterocycles. The van der Waals surface area contributed by atoms with Gasteiger partial charge in [-0.2, -0.15) is 0 Å². The first-order chi connectivity index (χ1) is 15.1. The van der Waals surface area contributed by atoms with Gasteiger partial charge in [0.1, 0.15) is 12.3 Å². The van der Waals surface area contributed by atoms with Crippen LogP contribution in [0.2, 0.25) is 0 Å². The largest absolute Gasteiger partial charge is 0.495 e. The summed E-state index contributed by atoms with van der Waals surface area (Å²) in [6.07, 6.45) is 0. The Hall–Kier alpha value is -3.64. The van der Waals surface area contributed by atoms with Crippen molar-refractivity contribution in [1.29, 1.82) is 0 Å². The van der Waals surface area contributed by atoms with Crippen LogP contribution in [-0.2, 0) is 11.3 Å². The van der Waals surface area contributed by atoms with Gasteiger partial charge in [0, 0.05) is 16.8 Å². The van der Waals surface area contributed by atoms with Crippen LogP contribution >= 0.6 is 0 Å². The zero-order chi connectivity index (χ0) is 22.1. The quantitative estimate of drug-likeness (QED) is 0.500. The summed E-state index contributed by atoms with van der Waals surface area (Å²) in [6, 6.07) is 24.2. The van der Waals surface area contributed by atoms with Gasteiger partial charge in [0.15, 0.2) is 6.54 Å². The number of nitrogens with one attached hydrogen (secondary N) is 3. The lowest BCUT2D eigenvalue weighted by atomic mass is 10.1. The Morgan fingerprint density at radius 1 is 0.871 bits per heavy atom. The number of carbonyl (C=O) groups excluding carboxylic acids is 2. The fourth-order valence-electron chi connectivity index (χ4n) is 3.27. The Balaban J connectivity index is 1.56. The summed E-state index contributed by atoms with van der Waals surface area (Å²) >= 11 is 0. The highest BCUT2D eigenvalue weighted by Gasteiger charge is 2.15. The van der Waals surface area contributed by atoms with Crippen molar-refractivity contribution >= 4 is 23.2 Å². The second kappa shape index (κ2) is 10.9. The van der Waals surface area contributed by atoms with Crippen molar-refractivity contribution in [3.8, 4) is 5.75 Å². The summed E-state index contributed by atoms with van der Waals surface area (Å²) in [5.41, 5.74) is 3.09. The molecule has 0 aromatic heterocycles. The van der Waals surface area contributed by atoms with Crippen LogP contribution in [0, 0.1) is 0 Å². The number of amides is 2. The number of carbonyl (C=O) groups is 2. The van der Waals surface area contributed by atoms with Gasteiger partial charge in [-0.05, 0) is 43.3 Å². The van der Waals surface area contributed by atoms with E-state index in [2.05, 4.69) is 10.6 Å². The molecule has 0 fully saturated rings. The van der Waals surface area contributed by atoms with Gasteiger partial charge in [-0.3, -0.25) is 9.59 Å². The molecule has 1 unspecified atom stereocenters. The predicted octanol–water partition coefficient (Wildman–Crippen LogP) is 2.99. The van der Waals surface area contributed by atoms with Crippen molar-refractivity contribution < 1.29 is 19.2 Å². The molecule has 0 aliphatic heterocycles. The third kappa shape index (κ3) is 6.42. The second-order valence-corrected chi connectivity index (χ2v) is 7.22. The summed E-state index contributed by atoms with van der Waals surface area (Å²) in [7, 11) is 1.58. The van der Waals surface area contributed by atoms with Crippen molar-refractivity contribution in [2.24, 2.45) is 0 Å². The lowest BCUT2D eigenvalue weighted by Gasteiger charge is -2.18. The smallest absolute Gasteiger partial charge is 0.279 e. The van der Waals surface area contributed by atoms with Crippen LogP contribution in [0.1, 0.15) is 22.8 Å². The molecular weight excluding hydrogens is 390 g/mol. The molecule has 0 radical (unpaired) electrons. The van der Waals surface area contributed by atoms with Crippen molar-refractivity contribution in [2.45, 2.75) is 13.5 Å². The number of ether oxygens (including phenoxy) is 1. The van der Waals surface area contributed by atoms with Crippen LogP contribution in [0.4, 0.5) is 11.4 Å². The number of methoxy groups -OCH3 is 1. The molecule has 160 valence electrons. The Morgan fingerprint density at radius 3 is 2.23 bits per heavy atom. The van der Waals surface area contributed by atoms with Crippen LogP contribution in [0.5, 0.6) is 5.75 Å². The number of likely N-dealkylation sites (N-methyl/N-ethyl adjacent to an activating group) is 1. The molecule has 0 aliphatic rings. The van der Waals surface area contributed by atoms with E-state index in [0.29, 0.717) is 30.1 Å². The second-order valence-electron chi connectivity index (χ2n) is 7.22. The standard InChI is InChI=1S/C25H27N3O3/c1-3-28(18-24(29)27-22-11-7-8-12-23(22)31-2)17-19-13-15-20(16-14-19)25(30)26-21-9-5-4-6-10-21/h4-16H,3,17-18H2,1-2H3,(H,26,30)(H,27,29)/p+1. The van der Waals surface area contributed by atoms with Gasteiger partial charge in [-0.1, -0.05) is 42.5 Å². The van der Waals surface area contributed by atoms with E-state index in [1.807, 2.05) is 85.8 Å². The number of rotatable bonds is 9. The van der Waals surface area contributed by atoms with E-state index in [4.69, 9.17) is 4.74 Å². The van der Waals surface area contributed by atoms with E-state index < -0.39 is 0 Å². The first-order valence-electron chi connectivity index (χ1n) is 10.3. The minimum absolute atomic E-state index is 0.0693. The van der Waals surface area contributed by atoms with Crippen molar-refractivity contribution in [3.63, 3.8) is 0 Å². The van der Waals surface area contributed by atoms with Crippen LogP contribution in [0.3, 0.4) is 0 Å². The van der Waals surface area contributed by atoms with Gasteiger partial charge in [0.05, 0.1) is 19.3 Å². The Bertz CT molecular complexity index is 1000. The lowest BCUT2D eigenvalue weighted by molar-refractivity contribution is -0.903. The van der Waals surface area contributed by atoms with Crippen LogP contribution in [0.15, 0.2) is 78.9 Å². The third-order valence-corrected chi connectivity index (χ3v) is 4.99. The van der Waals surface area contributed by atoms with Crippen LogP contribution in [0.25, 0.3) is 0 Å². The summed E-state index contributed by atoms with van der Waals surface area (Å²) in [5, 5.41) is 5.80. The van der Waals surface area contributed by atoms with Gasteiger partial charge < -0.3 is 20.3 Å². The monoisotopic (exact) mass is 418 g/mol. The molecule has 3 aromatic carbocycles. The van der Waals surface area contributed by atoms with E-state index in [1.54, 1.807) is 7.11 Å². The van der Waals surface area contributed by atoms with Gasteiger partial charge in [-0.15, -0.1) is 0 Å². The van der Waals surface area contributed by atoms with Crippen molar-refractivity contribution in [1.82, 2.24) is 0 Å².